The van der Waals surface area contributed by atoms with Crippen molar-refractivity contribution in [3.63, 3.8) is 0 Å². The van der Waals surface area contributed by atoms with Crippen LogP contribution >= 0.6 is 0 Å². The number of hydrogen-bond donors (Lipinski definition) is 2. The van der Waals surface area contributed by atoms with Crippen LogP contribution in [0.3, 0.4) is 0 Å². The number of esters is 1. The number of allylic oxidation sites excluding steroid dienone is 1. The summed E-state index contributed by atoms with van der Waals surface area (Å²) in [5.41, 5.74) is -4.95. The predicted octanol–water partition coefficient (Wildman–Crippen LogP) is 2.36. The van der Waals surface area contributed by atoms with Gasteiger partial charge in [0.15, 0.2) is 11.4 Å². The number of carbonyl (C=O) groups excluding carboxylic acids is 3. The smallest absolute Gasteiger partial charge is 0.338 e. The Morgan fingerprint density at radius 2 is 1.69 bits per heavy atom. The highest BCUT2D eigenvalue weighted by molar-refractivity contribution is 5.98. The maximum atomic E-state index is 14.1. The van der Waals surface area contributed by atoms with E-state index in [1.807, 2.05) is 13.8 Å². The first kappa shape index (κ1) is 22.6. The maximum Gasteiger partial charge on any atom is 0.338 e. The van der Waals surface area contributed by atoms with E-state index in [1.54, 1.807) is 19.1 Å². The number of fused-ring (bicyclic) bond motifs is 10. The van der Waals surface area contributed by atoms with Crippen LogP contribution in [0.1, 0.15) is 66.2 Å². The van der Waals surface area contributed by atoms with Gasteiger partial charge in [0, 0.05) is 23.2 Å². The molecule has 2 N–H and O–H groups in total. The second-order valence-corrected chi connectivity index (χ2v) is 13.7. The molecule has 7 heteroatoms. The Bertz CT molecular complexity index is 1090. The van der Waals surface area contributed by atoms with Gasteiger partial charge in [-0.3, -0.25) is 9.59 Å². The summed E-state index contributed by atoms with van der Waals surface area (Å²) in [6.45, 7) is 7.50. The molecule has 5 aliphatic carbocycles. The van der Waals surface area contributed by atoms with E-state index < -0.39 is 33.4 Å². The number of aliphatic hydroxyl groups is 2. The normalized spacial score (nSPS) is 62.1. The number of rotatable bonds is 1. The van der Waals surface area contributed by atoms with E-state index in [2.05, 4.69) is 6.92 Å². The lowest BCUT2D eigenvalue weighted by molar-refractivity contribution is -0.194. The van der Waals surface area contributed by atoms with Gasteiger partial charge < -0.3 is 19.7 Å². The average Bonchev–Trinajstić information content (AvgIpc) is 3.42. The van der Waals surface area contributed by atoms with Gasteiger partial charge in [-0.1, -0.05) is 19.9 Å². The monoisotopic (exact) mass is 484 g/mol. The Balaban J connectivity index is 1.26. The summed E-state index contributed by atoms with van der Waals surface area (Å²) in [6, 6.07) is 0. The van der Waals surface area contributed by atoms with Crippen LogP contribution in [0.5, 0.6) is 0 Å². The largest absolute Gasteiger partial charge is 0.460 e. The van der Waals surface area contributed by atoms with Crippen molar-refractivity contribution >= 4 is 17.5 Å². The van der Waals surface area contributed by atoms with Crippen LogP contribution in [-0.4, -0.2) is 57.3 Å². The quantitative estimate of drug-likeness (QED) is 0.434. The summed E-state index contributed by atoms with van der Waals surface area (Å²) in [7, 11) is 0. The van der Waals surface area contributed by atoms with Crippen LogP contribution in [0.25, 0.3) is 0 Å². The highest BCUT2D eigenvalue weighted by Gasteiger charge is 2.79. The van der Waals surface area contributed by atoms with Gasteiger partial charge in [-0.25, -0.2) is 4.79 Å². The van der Waals surface area contributed by atoms with Crippen LogP contribution in [0.4, 0.5) is 0 Å². The van der Waals surface area contributed by atoms with E-state index >= 15 is 0 Å². The first-order valence-electron chi connectivity index (χ1n) is 13.4. The lowest BCUT2D eigenvalue weighted by Gasteiger charge is -2.59. The third kappa shape index (κ3) is 2.29. The third-order valence-corrected chi connectivity index (χ3v) is 12.7. The lowest BCUT2D eigenvalue weighted by atomic mass is 9.43. The molecule has 0 spiro atoms. The number of ketones is 2. The molecule has 13 atom stereocenters. The molecule has 7 nitrogen and oxygen atoms in total. The van der Waals surface area contributed by atoms with Crippen molar-refractivity contribution in [1.29, 1.82) is 0 Å². The van der Waals surface area contributed by atoms with Gasteiger partial charge in [0.2, 0.25) is 0 Å². The summed E-state index contributed by atoms with van der Waals surface area (Å²) in [5, 5.41) is 22.7. The maximum absolute atomic E-state index is 14.1. The molecule has 35 heavy (non-hydrogen) atoms. The van der Waals surface area contributed by atoms with Crippen LogP contribution < -0.4 is 0 Å². The van der Waals surface area contributed by atoms with Gasteiger partial charge >= 0.3 is 5.97 Å². The van der Waals surface area contributed by atoms with Crippen molar-refractivity contribution in [3.8, 4) is 0 Å². The fourth-order valence-corrected chi connectivity index (χ4v) is 10.2. The van der Waals surface area contributed by atoms with Gasteiger partial charge in [-0.05, 0) is 75.7 Å². The molecule has 0 radical (unpaired) electrons. The van der Waals surface area contributed by atoms with Crippen molar-refractivity contribution in [1.82, 2.24) is 0 Å². The molecule has 2 heterocycles. The van der Waals surface area contributed by atoms with Gasteiger partial charge in [0.1, 0.15) is 23.6 Å². The van der Waals surface area contributed by atoms with Crippen LogP contribution in [-0.2, 0) is 23.9 Å². The van der Waals surface area contributed by atoms with Crippen molar-refractivity contribution in [2.45, 2.75) is 95.7 Å². The molecule has 190 valence electrons. The van der Waals surface area contributed by atoms with E-state index in [-0.39, 0.29) is 65.9 Å². The lowest BCUT2D eigenvalue weighted by Crippen LogP contribution is -2.68. The van der Waals surface area contributed by atoms with E-state index in [1.165, 1.54) is 0 Å². The van der Waals surface area contributed by atoms with Crippen molar-refractivity contribution in [2.24, 2.45) is 45.8 Å². The van der Waals surface area contributed by atoms with Crippen molar-refractivity contribution < 1.29 is 34.1 Å². The topological polar surface area (TPSA) is 113 Å². The second kappa shape index (κ2) is 6.28. The van der Waals surface area contributed by atoms with Gasteiger partial charge in [-0.2, -0.15) is 0 Å². The fraction of sp³-hybridized carbons (Fsp3) is 0.821. The third-order valence-electron chi connectivity index (χ3n) is 12.7. The number of hydrogen-bond acceptors (Lipinski definition) is 7. The van der Waals surface area contributed by atoms with E-state index in [9.17, 15) is 24.6 Å². The second-order valence-electron chi connectivity index (χ2n) is 13.7. The highest BCUT2D eigenvalue weighted by Crippen LogP contribution is 2.72. The SMILES string of the molecule is CC12C(=O)CC3C(C4OC4C4(O)CC=CC(=O)C34C)C1CCC2C1CC2(C)CC1OC(=O)C2(C)O. The zero-order valence-corrected chi connectivity index (χ0v) is 21.0. The molecular weight excluding hydrogens is 448 g/mol. The number of ether oxygens (including phenoxy) is 2. The first-order chi connectivity index (χ1) is 16.3. The Labute approximate surface area is 205 Å². The molecule has 13 unspecified atom stereocenters. The van der Waals surface area contributed by atoms with E-state index in [0.29, 0.717) is 19.3 Å². The summed E-state index contributed by atoms with van der Waals surface area (Å²) < 4.78 is 11.9. The summed E-state index contributed by atoms with van der Waals surface area (Å²) in [6.07, 6.45) is 6.24. The first-order valence-corrected chi connectivity index (χ1v) is 13.4. The molecule has 0 aromatic carbocycles. The molecule has 7 rings (SSSR count). The van der Waals surface area contributed by atoms with Crippen LogP contribution in [0.2, 0.25) is 0 Å². The highest BCUT2D eigenvalue weighted by atomic mass is 16.6. The number of carbonyl (C=O) groups is 3. The Morgan fingerprint density at radius 3 is 2.43 bits per heavy atom. The minimum atomic E-state index is -1.52. The molecule has 0 amide bonds. The Kier molecular flexibility index (Phi) is 4.06. The van der Waals surface area contributed by atoms with Crippen LogP contribution in [0, 0.1) is 45.8 Å². The van der Waals surface area contributed by atoms with Crippen molar-refractivity contribution in [3.05, 3.63) is 12.2 Å². The molecule has 0 aromatic rings. The van der Waals surface area contributed by atoms with E-state index in [4.69, 9.17) is 9.47 Å². The standard InChI is InChI=1S/C28H36O7/c1-24-11-13(17(12-24)34-23(31)27(24,4)32)14-7-8-15-20-16(10-19(30)25(14,15)2)26(3)18(29)6-5-9-28(26,33)22-21(20)35-22/h5-6,13-17,20-22,32-33H,7-12H2,1-4H3. The predicted molar refractivity (Wildman–Crippen MR) is 123 cm³/mol. The van der Waals surface area contributed by atoms with Gasteiger partial charge in [0.25, 0.3) is 0 Å². The molecule has 2 aliphatic heterocycles. The van der Waals surface area contributed by atoms with Crippen molar-refractivity contribution in [2.75, 3.05) is 0 Å². The minimum absolute atomic E-state index is 0.0275. The Morgan fingerprint density at radius 1 is 0.971 bits per heavy atom. The zero-order chi connectivity index (χ0) is 24.9. The molecule has 2 saturated heterocycles. The van der Waals surface area contributed by atoms with Gasteiger partial charge in [0.05, 0.1) is 11.5 Å². The molecule has 2 bridgehead atoms. The summed E-state index contributed by atoms with van der Waals surface area (Å²) in [5.74, 6) is -0.507. The van der Waals surface area contributed by atoms with Gasteiger partial charge in [-0.15, -0.1) is 0 Å². The van der Waals surface area contributed by atoms with E-state index in [0.717, 1.165) is 12.8 Å². The summed E-state index contributed by atoms with van der Waals surface area (Å²) >= 11 is 0. The Hall–Kier alpha value is -1.57. The number of Topliss-reactive ketones (excluding diaryl/α,β-unsaturated/α-hetero) is 1. The molecule has 7 aliphatic rings. The average molecular weight is 485 g/mol. The molecular formula is C28H36O7. The minimum Gasteiger partial charge on any atom is -0.460 e. The molecule has 6 fully saturated rings. The van der Waals surface area contributed by atoms with Crippen LogP contribution in [0.15, 0.2) is 12.2 Å². The summed E-state index contributed by atoms with van der Waals surface area (Å²) in [4.78, 5) is 40.0. The fourth-order valence-electron chi connectivity index (χ4n) is 10.2. The molecule has 4 saturated carbocycles. The molecule has 0 aromatic heterocycles. The number of epoxide rings is 1. The zero-order valence-electron chi connectivity index (χ0n) is 21.0.